The molecule has 200 valence electrons. The Morgan fingerprint density at radius 3 is 2.59 bits per heavy atom. The van der Waals surface area contributed by atoms with Crippen molar-refractivity contribution in [2.45, 2.75) is 77.4 Å². The van der Waals surface area contributed by atoms with E-state index in [1.807, 2.05) is 0 Å². The smallest absolute Gasteiger partial charge is 0.120 e. The third-order valence-electron chi connectivity index (χ3n) is 10.4. The zero-order valence-corrected chi connectivity index (χ0v) is 23.2. The van der Waals surface area contributed by atoms with Gasteiger partial charge in [0, 0.05) is 5.56 Å². The van der Waals surface area contributed by atoms with Crippen LogP contribution in [0.3, 0.4) is 0 Å². The second kappa shape index (κ2) is 9.97. The molecule has 0 aliphatic heterocycles. The van der Waals surface area contributed by atoms with Crippen LogP contribution in [-0.2, 0) is 19.4 Å². The average molecular weight is 518 g/mol. The molecular weight excluding hydrogens is 478 g/mol. The Hall–Kier alpha value is -3.40. The molecule has 2 fully saturated rings. The number of aromatic nitrogens is 3. The lowest BCUT2D eigenvalue weighted by atomic mass is 9.55. The van der Waals surface area contributed by atoms with Gasteiger partial charge in [-0.15, -0.1) is 5.10 Å². The second-order valence-corrected chi connectivity index (χ2v) is 12.3. The highest BCUT2D eigenvalue weighted by molar-refractivity contribution is 5.58. The normalized spacial score (nSPS) is 27.4. The van der Waals surface area contributed by atoms with Crippen LogP contribution in [0.15, 0.2) is 79.0 Å². The highest BCUT2D eigenvalue weighted by Crippen LogP contribution is 2.64. The molecule has 7 rings (SSSR count). The van der Waals surface area contributed by atoms with Crippen molar-refractivity contribution in [3.8, 4) is 17.0 Å². The molecule has 4 aromatic rings. The van der Waals surface area contributed by atoms with E-state index < -0.39 is 0 Å². The van der Waals surface area contributed by atoms with E-state index in [1.54, 1.807) is 5.56 Å². The molecule has 4 nitrogen and oxygen atoms in total. The maximum Gasteiger partial charge on any atom is 0.120 e. The van der Waals surface area contributed by atoms with Crippen LogP contribution in [0.25, 0.3) is 11.3 Å². The molecule has 3 aromatic carbocycles. The predicted octanol–water partition coefficient (Wildman–Crippen LogP) is 8.18. The monoisotopic (exact) mass is 517 g/mol. The summed E-state index contributed by atoms with van der Waals surface area (Å²) >= 11 is 0. The van der Waals surface area contributed by atoms with E-state index in [0.29, 0.717) is 18.6 Å². The topological polar surface area (TPSA) is 39.9 Å². The first-order valence-corrected chi connectivity index (χ1v) is 14.9. The predicted molar refractivity (Wildman–Crippen MR) is 156 cm³/mol. The Kier molecular flexibility index (Phi) is 6.29. The number of aryl methyl sites for hydroxylation is 2. The molecule has 0 saturated heterocycles. The van der Waals surface area contributed by atoms with Crippen molar-refractivity contribution in [3.05, 3.63) is 101 Å². The standard InChI is InChI=1S/C35H39N3O/c1-3-24-9-11-26(12-10-24)33-22-38(37-36-33)34-18-17-32-31-15-13-27-21-28(39-23-25-7-5-4-6-8-25)14-16-29(27)30(31)19-20-35(32,34)2/h4-12,14,16,21-22,30-32,34H,3,13,15,17-20,23H2,1-2H3/t30-,31-,32+,34-,35+/m1/s1. The first-order chi connectivity index (χ1) is 19.1. The van der Waals surface area contributed by atoms with Crippen molar-refractivity contribution in [3.63, 3.8) is 0 Å². The summed E-state index contributed by atoms with van der Waals surface area (Å²) in [5.74, 6) is 3.20. The SMILES string of the molecule is CCc1ccc(-c2cn([C@@H]3CC[C@H]4[C@@H]5CCc6cc(OCc7ccccc7)ccc6[C@H]5CC[C@@]43C)nn2)cc1. The Labute approximate surface area is 232 Å². The van der Waals surface area contributed by atoms with Gasteiger partial charge in [-0.3, -0.25) is 0 Å². The van der Waals surface area contributed by atoms with E-state index in [0.717, 1.165) is 41.7 Å². The van der Waals surface area contributed by atoms with Crippen molar-refractivity contribution in [2.24, 2.45) is 17.3 Å². The maximum atomic E-state index is 6.17. The largest absolute Gasteiger partial charge is 0.489 e. The second-order valence-electron chi connectivity index (χ2n) is 12.3. The van der Waals surface area contributed by atoms with Gasteiger partial charge in [0.1, 0.15) is 18.1 Å². The quantitative estimate of drug-likeness (QED) is 0.259. The Bertz CT molecular complexity index is 1440. The van der Waals surface area contributed by atoms with Crippen LogP contribution in [-0.4, -0.2) is 15.0 Å². The molecule has 1 heterocycles. The molecule has 1 aromatic heterocycles. The van der Waals surface area contributed by atoms with E-state index >= 15 is 0 Å². The van der Waals surface area contributed by atoms with E-state index in [4.69, 9.17) is 9.95 Å². The number of benzene rings is 3. The van der Waals surface area contributed by atoms with Crippen molar-refractivity contribution < 1.29 is 4.74 Å². The first kappa shape index (κ1) is 24.6. The molecule has 3 aliphatic rings. The summed E-state index contributed by atoms with van der Waals surface area (Å²) in [5.41, 5.74) is 8.12. The van der Waals surface area contributed by atoms with Gasteiger partial charge >= 0.3 is 0 Å². The third kappa shape index (κ3) is 4.38. The highest BCUT2D eigenvalue weighted by Gasteiger charge is 2.55. The Balaban J connectivity index is 1.07. The van der Waals surface area contributed by atoms with Gasteiger partial charge in [0.15, 0.2) is 0 Å². The molecule has 0 radical (unpaired) electrons. The zero-order chi connectivity index (χ0) is 26.4. The lowest BCUT2D eigenvalue weighted by molar-refractivity contribution is 0.0284. The minimum Gasteiger partial charge on any atom is -0.489 e. The lowest BCUT2D eigenvalue weighted by Gasteiger charge is -2.50. The molecule has 0 spiro atoms. The molecule has 0 amide bonds. The Morgan fingerprint density at radius 2 is 1.77 bits per heavy atom. The highest BCUT2D eigenvalue weighted by atomic mass is 16.5. The molecule has 4 heteroatoms. The van der Waals surface area contributed by atoms with E-state index in [2.05, 4.69) is 103 Å². The number of hydrogen-bond acceptors (Lipinski definition) is 3. The van der Waals surface area contributed by atoms with E-state index in [1.165, 1.54) is 48.8 Å². The fourth-order valence-corrected chi connectivity index (χ4v) is 8.27. The molecule has 2 saturated carbocycles. The number of hydrogen-bond donors (Lipinski definition) is 0. The summed E-state index contributed by atoms with van der Waals surface area (Å²) in [6.45, 7) is 5.38. The van der Waals surface area contributed by atoms with Gasteiger partial charge in [0.05, 0.1) is 12.2 Å². The van der Waals surface area contributed by atoms with Gasteiger partial charge in [0.2, 0.25) is 0 Å². The summed E-state index contributed by atoms with van der Waals surface area (Å²) in [6, 6.07) is 26.6. The summed E-state index contributed by atoms with van der Waals surface area (Å²) < 4.78 is 8.39. The van der Waals surface area contributed by atoms with Gasteiger partial charge in [-0.2, -0.15) is 0 Å². The van der Waals surface area contributed by atoms with Crippen LogP contribution in [0.4, 0.5) is 0 Å². The summed E-state index contributed by atoms with van der Waals surface area (Å²) in [7, 11) is 0. The summed E-state index contributed by atoms with van der Waals surface area (Å²) in [5, 5.41) is 9.31. The van der Waals surface area contributed by atoms with Gasteiger partial charge in [-0.25, -0.2) is 4.68 Å². The van der Waals surface area contributed by atoms with Crippen LogP contribution in [0.5, 0.6) is 5.75 Å². The fourth-order valence-electron chi connectivity index (χ4n) is 8.27. The van der Waals surface area contributed by atoms with Crippen molar-refractivity contribution in [1.29, 1.82) is 0 Å². The minimum atomic E-state index is 0.286. The van der Waals surface area contributed by atoms with E-state index in [9.17, 15) is 0 Å². The van der Waals surface area contributed by atoms with Crippen LogP contribution >= 0.6 is 0 Å². The maximum absolute atomic E-state index is 6.17. The van der Waals surface area contributed by atoms with Gasteiger partial charge in [-0.05, 0) is 103 Å². The van der Waals surface area contributed by atoms with Crippen molar-refractivity contribution in [2.75, 3.05) is 0 Å². The number of nitrogens with zero attached hydrogens (tertiary/aromatic N) is 3. The molecular formula is C35H39N3O. The average Bonchev–Trinajstić information content (AvgIpc) is 3.61. The first-order valence-electron chi connectivity index (χ1n) is 14.9. The summed E-state index contributed by atoms with van der Waals surface area (Å²) in [6.07, 6.45) is 10.8. The Morgan fingerprint density at radius 1 is 0.923 bits per heavy atom. The summed E-state index contributed by atoms with van der Waals surface area (Å²) in [4.78, 5) is 0. The molecule has 0 N–H and O–H groups in total. The molecule has 3 aliphatic carbocycles. The van der Waals surface area contributed by atoms with Gasteiger partial charge < -0.3 is 4.74 Å². The lowest BCUT2D eigenvalue weighted by Crippen LogP contribution is -2.42. The number of fused-ring (bicyclic) bond motifs is 5. The zero-order valence-electron chi connectivity index (χ0n) is 23.2. The van der Waals surface area contributed by atoms with Crippen molar-refractivity contribution >= 4 is 0 Å². The van der Waals surface area contributed by atoms with Crippen LogP contribution in [0.2, 0.25) is 0 Å². The van der Waals surface area contributed by atoms with Crippen LogP contribution in [0, 0.1) is 17.3 Å². The minimum absolute atomic E-state index is 0.286. The van der Waals surface area contributed by atoms with Gasteiger partial charge in [-0.1, -0.05) is 79.7 Å². The fraction of sp³-hybridized carbons (Fsp3) is 0.429. The number of ether oxygens (including phenoxy) is 1. The third-order valence-corrected chi connectivity index (χ3v) is 10.4. The van der Waals surface area contributed by atoms with Crippen molar-refractivity contribution in [1.82, 2.24) is 15.0 Å². The number of rotatable bonds is 6. The van der Waals surface area contributed by atoms with E-state index in [-0.39, 0.29) is 5.41 Å². The molecule has 5 atom stereocenters. The van der Waals surface area contributed by atoms with Gasteiger partial charge in [0.25, 0.3) is 0 Å². The molecule has 0 bridgehead atoms. The van der Waals surface area contributed by atoms with Crippen LogP contribution in [0.1, 0.15) is 80.2 Å². The van der Waals surface area contributed by atoms with Crippen LogP contribution < -0.4 is 4.74 Å². The molecule has 39 heavy (non-hydrogen) atoms. The molecule has 0 unspecified atom stereocenters.